The molecule has 1 heterocycles. The smallest absolute Gasteiger partial charge is 0.271 e. The molecule has 2 unspecified atom stereocenters. The molecule has 0 aliphatic carbocycles. The van der Waals surface area contributed by atoms with Gasteiger partial charge in [0.25, 0.3) is 5.69 Å². The van der Waals surface area contributed by atoms with Crippen LogP contribution in [0.2, 0.25) is 0 Å². The van der Waals surface area contributed by atoms with Crippen molar-refractivity contribution in [2.75, 3.05) is 18.0 Å². The van der Waals surface area contributed by atoms with Crippen molar-refractivity contribution < 1.29 is 10.0 Å². The SMILES string of the molecule is CC(O)C1CCN(c2cccc([N+](=O)[O-])c2)C1. The summed E-state index contributed by atoms with van der Waals surface area (Å²) in [5.41, 5.74) is 0.977. The molecule has 0 bridgehead atoms. The van der Waals surface area contributed by atoms with Crippen molar-refractivity contribution in [2.45, 2.75) is 19.4 Å². The van der Waals surface area contributed by atoms with Crippen molar-refractivity contribution in [2.24, 2.45) is 5.92 Å². The number of hydrogen-bond acceptors (Lipinski definition) is 4. The Morgan fingerprint density at radius 2 is 2.35 bits per heavy atom. The Bertz CT molecular complexity index is 420. The molecule has 1 fully saturated rings. The fraction of sp³-hybridized carbons (Fsp3) is 0.500. The van der Waals surface area contributed by atoms with Gasteiger partial charge in [-0.1, -0.05) is 6.07 Å². The van der Waals surface area contributed by atoms with Crippen LogP contribution in [0.4, 0.5) is 11.4 Å². The molecule has 2 rings (SSSR count). The van der Waals surface area contributed by atoms with Crippen molar-refractivity contribution in [1.82, 2.24) is 0 Å². The summed E-state index contributed by atoms with van der Waals surface area (Å²) in [4.78, 5) is 12.4. The van der Waals surface area contributed by atoms with Crippen molar-refractivity contribution in [1.29, 1.82) is 0 Å². The Kier molecular flexibility index (Phi) is 3.28. The summed E-state index contributed by atoms with van der Waals surface area (Å²) in [6, 6.07) is 6.65. The molecule has 0 radical (unpaired) electrons. The Morgan fingerprint density at radius 1 is 1.59 bits per heavy atom. The molecule has 2 atom stereocenters. The van der Waals surface area contributed by atoms with Gasteiger partial charge in [0.2, 0.25) is 0 Å². The van der Waals surface area contributed by atoms with Gasteiger partial charge < -0.3 is 10.0 Å². The molecular formula is C12H16N2O3. The molecule has 1 saturated heterocycles. The monoisotopic (exact) mass is 236 g/mol. The fourth-order valence-electron chi connectivity index (χ4n) is 2.22. The van der Waals surface area contributed by atoms with Crippen LogP contribution < -0.4 is 4.90 Å². The molecule has 1 aliphatic rings. The van der Waals surface area contributed by atoms with E-state index in [-0.39, 0.29) is 22.6 Å². The highest BCUT2D eigenvalue weighted by Crippen LogP contribution is 2.28. The van der Waals surface area contributed by atoms with Crippen molar-refractivity contribution in [3.05, 3.63) is 34.4 Å². The van der Waals surface area contributed by atoms with Crippen molar-refractivity contribution in [3.8, 4) is 0 Å². The van der Waals surface area contributed by atoms with Gasteiger partial charge in [-0.25, -0.2) is 0 Å². The highest BCUT2D eigenvalue weighted by molar-refractivity contribution is 5.53. The Labute approximate surface area is 99.8 Å². The maximum atomic E-state index is 10.7. The van der Waals surface area contributed by atoms with Crippen LogP contribution in [0.15, 0.2) is 24.3 Å². The summed E-state index contributed by atoms with van der Waals surface area (Å²) < 4.78 is 0. The first-order chi connectivity index (χ1) is 8.08. The first-order valence-electron chi connectivity index (χ1n) is 5.75. The number of non-ortho nitro benzene ring substituents is 1. The molecule has 0 spiro atoms. The molecule has 1 aromatic carbocycles. The number of anilines is 1. The van der Waals surface area contributed by atoms with Gasteiger partial charge in [-0.15, -0.1) is 0 Å². The molecule has 5 heteroatoms. The van der Waals surface area contributed by atoms with Crippen LogP contribution >= 0.6 is 0 Å². The van der Waals surface area contributed by atoms with Gasteiger partial charge in [-0.2, -0.15) is 0 Å². The summed E-state index contributed by atoms with van der Waals surface area (Å²) in [5.74, 6) is 0.259. The zero-order valence-electron chi connectivity index (χ0n) is 9.74. The highest BCUT2D eigenvalue weighted by atomic mass is 16.6. The molecule has 1 aliphatic heterocycles. The number of aliphatic hydroxyl groups excluding tert-OH is 1. The summed E-state index contributed by atoms with van der Waals surface area (Å²) in [7, 11) is 0. The third kappa shape index (κ3) is 2.55. The minimum atomic E-state index is -0.383. The van der Waals surface area contributed by atoms with Gasteiger partial charge in [-0.3, -0.25) is 10.1 Å². The number of aliphatic hydroxyl groups is 1. The van der Waals surface area contributed by atoms with E-state index in [0.717, 1.165) is 25.2 Å². The zero-order chi connectivity index (χ0) is 12.4. The maximum Gasteiger partial charge on any atom is 0.271 e. The quantitative estimate of drug-likeness (QED) is 0.642. The second kappa shape index (κ2) is 4.71. The second-order valence-electron chi connectivity index (χ2n) is 4.51. The second-order valence-corrected chi connectivity index (χ2v) is 4.51. The molecular weight excluding hydrogens is 220 g/mol. The third-order valence-electron chi connectivity index (χ3n) is 3.31. The molecule has 1 aromatic rings. The molecule has 0 saturated carbocycles. The lowest BCUT2D eigenvalue weighted by molar-refractivity contribution is -0.384. The zero-order valence-corrected chi connectivity index (χ0v) is 9.74. The molecule has 0 amide bonds. The van der Waals surface area contributed by atoms with Gasteiger partial charge in [0, 0.05) is 36.8 Å². The summed E-state index contributed by atoms with van der Waals surface area (Å²) in [6.07, 6.45) is 0.610. The van der Waals surface area contributed by atoms with Crippen LogP contribution in [0.5, 0.6) is 0 Å². The third-order valence-corrected chi connectivity index (χ3v) is 3.31. The predicted molar refractivity (Wildman–Crippen MR) is 65.1 cm³/mol. The lowest BCUT2D eigenvalue weighted by Crippen LogP contribution is -2.23. The molecule has 17 heavy (non-hydrogen) atoms. The number of nitro groups is 1. The lowest BCUT2D eigenvalue weighted by Gasteiger charge is -2.19. The number of rotatable bonds is 3. The Hall–Kier alpha value is -1.62. The summed E-state index contributed by atoms with van der Waals surface area (Å²) in [6.45, 7) is 3.40. The average Bonchev–Trinajstić information content (AvgIpc) is 2.78. The van der Waals surface area contributed by atoms with E-state index in [2.05, 4.69) is 4.90 Å². The first kappa shape index (κ1) is 11.9. The molecule has 1 N–H and O–H groups in total. The van der Waals surface area contributed by atoms with E-state index in [1.54, 1.807) is 19.1 Å². The van der Waals surface area contributed by atoms with Gasteiger partial charge in [0.15, 0.2) is 0 Å². The van der Waals surface area contributed by atoms with Crippen LogP contribution in [0, 0.1) is 16.0 Å². The van der Waals surface area contributed by atoms with E-state index in [0.29, 0.717) is 0 Å². The van der Waals surface area contributed by atoms with Crippen LogP contribution in [0.1, 0.15) is 13.3 Å². The standard InChI is InChI=1S/C12H16N2O3/c1-9(15)10-5-6-13(8-10)11-3-2-4-12(7-11)14(16)17/h2-4,7,9-10,15H,5-6,8H2,1H3. The minimum Gasteiger partial charge on any atom is -0.393 e. The Balaban J connectivity index is 2.13. The van der Waals surface area contributed by atoms with Gasteiger partial charge in [0.05, 0.1) is 11.0 Å². The van der Waals surface area contributed by atoms with E-state index in [9.17, 15) is 15.2 Å². The number of benzene rings is 1. The van der Waals surface area contributed by atoms with Gasteiger partial charge in [0.1, 0.15) is 0 Å². The average molecular weight is 236 g/mol. The largest absolute Gasteiger partial charge is 0.393 e. The summed E-state index contributed by atoms with van der Waals surface area (Å²) >= 11 is 0. The topological polar surface area (TPSA) is 66.6 Å². The van der Waals surface area contributed by atoms with Crippen LogP contribution in [-0.4, -0.2) is 29.2 Å². The summed E-state index contributed by atoms with van der Waals surface area (Å²) in [5, 5.41) is 20.2. The van der Waals surface area contributed by atoms with Crippen molar-refractivity contribution in [3.63, 3.8) is 0 Å². The lowest BCUT2D eigenvalue weighted by atomic mass is 10.0. The highest BCUT2D eigenvalue weighted by Gasteiger charge is 2.26. The van der Waals surface area contributed by atoms with E-state index in [1.165, 1.54) is 6.07 Å². The van der Waals surface area contributed by atoms with E-state index >= 15 is 0 Å². The van der Waals surface area contributed by atoms with Gasteiger partial charge >= 0.3 is 0 Å². The molecule has 0 aromatic heterocycles. The Morgan fingerprint density at radius 3 is 2.94 bits per heavy atom. The molecule has 92 valence electrons. The predicted octanol–water partition coefficient (Wildman–Crippen LogP) is 1.80. The maximum absolute atomic E-state index is 10.7. The number of nitrogens with zero attached hydrogens (tertiary/aromatic N) is 2. The van der Waals surface area contributed by atoms with Crippen LogP contribution in [0.3, 0.4) is 0 Å². The van der Waals surface area contributed by atoms with Crippen LogP contribution in [0.25, 0.3) is 0 Å². The molecule has 5 nitrogen and oxygen atoms in total. The van der Waals surface area contributed by atoms with Crippen molar-refractivity contribution >= 4 is 11.4 Å². The van der Waals surface area contributed by atoms with E-state index in [1.807, 2.05) is 6.07 Å². The van der Waals surface area contributed by atoms with E-state index in [4.69, 9.17) is 0 Å². The number of nitro benzene ring substituents is 1. The minimum absolute atomic E-state index is 0.114. The normalized spacial score (nSPS) is 21.5. The van der Waals surface area contributed by atoms with E-state index < -0.39 is 0 Å². The van der Waals surface area contributed by atoms with Crippen LogP contribution in [-0.2, 0) is 0 Å². The number of hydrogen-bond donors (Lipinski definition) is 1. The van der Waals surface area contributed by atoms with Gasteiger partial charge in [-0.05, 0) is 19.4 Å². The fourth-order valence-corrected chi connectivity index (χ4v) is 2.22. The first-order valence-corrected chi connectivity index (χ1v) is 5.75.